The zero-order valence-electron chi connectivity index (χ0n) is 9.87. The minimum absolute atomic E-state index is 0.401. The number of aromatic nitrogens is 1. The highest BCUT2D eigenvalue weighted by atomic mass is 32.1. The van der Waals surface area contributed by atoms with Crippen LogP contribution in [0.4, 0.5) is 0 Å². The van der Waals surface area contributed by atoms with Crippen LogP contribution in [0, 0.1) is 0 Å². The summed E-state index contributed by atoms with van der Waals surface area (Å²) >= 11 is 4.89. The topological polar surface area (TPSA) is 48.1 Å². The molecule has 0 fully saturated rings. The maximum Gasteiger partial charge on any atom is 0.119 e. The zero-order valence-corrected chi connectivity index (χ0v) is 10.7. The Morgan fingerprint density at radius 2 is 1.78 bits per heavy atom. The van der Waals surface area contributed by atoms with Gasteiger partial charge in [-0.25, -0.2) is 0 Å². The lowest BCUT2D eigenvalue weighted by Crippen LogP contribution is -2.09. The lowest BCUT2D eigenvalue weighted by molar-refractivity contribution is 0.322. The van der Waals surface area contributed by atoms with Crippen LogP contribution in [0.15, 0.2) is 48.8 Å². The van der Waals surface area contributed by atoms with Crippen LogP contribution in [0.2, 0.25) is 0 Å². The number of benzene rings is 1. The standard InChI is InChI=1S/C14H14N2OS/c15-14(18)12-1-3-13(4-2-12)17-10-7-11-5-8-16-9-6-11/h1-6,8-9H,7,10H2,(H2,15,18). The minimum atomic E-state index is 0.401. The summed E-state index contributed by atoms with van der Waals surface area (Å²) in [4.78, 5) is 4.37. The predicted octanol–water partition coefficient (Wildman–Crippen LogP) is 2.34. The Hall–Kier alpha value is -1.94. The van der Waals surface area contributed by atoms with E-state index in [0.717, 1.165) is 17.7 Å². The molecule has 3 nitrogen and oxygen atoms in total. The highest BCUT2D eigenvalue weighted by Gasteiger charge is 1.98. The maximum atomic E-state index is 5.64. The van der Waals surface area contributed by atoms with E-state index in [-0.39, 0.29) is 0 Å². The Balaban J connectivity index is 1.85. The number of ether oxygens (including phenoxy) is 1. The first kappa shape index (κ1) is 12.5. The summed E-state index contributed by atoms with van der Waals surface area (Å²) in [6.07, 6.45) is 4.43. The van der Waals surface area contributed by atoms with Crippen molar-refractivity contribution in [1.29, 1.82) is 0 Å². The smallest absolute Gasteiger partial charge is 0.119 e. The fourth-order valence-electron chi connectivity index (χ4n) is 1.55. The lowest BCUT2D eigenvalue weighted by atomic mass is 10.2. The monoisotopic (exact) mass is 258 g/mol. The fraction of sp³-hybridized carbons (Fsp3) is 0.143. The van der Waals surface area contributed by atoms with Gasteiger partial charge in [-0.1, -0.05) is 12.2 Å². The first-order valence-electron chi connectivity index (χ1n) is 5.67. The second kappa shape index (κ2) is 6.12. The molecule has 0 unspecified atom stereocenters. The highest BCUT2D eigenvalue weighted by molar-refractivity contribution is 7.80. The van der Waals surface area contributed by atoms with Gasteiger partial charge in [-0.05, 0) is 42.0 Å². The van der Waals surface area contributed by atoms with Crippen LogP contribution >= 0.6 is 12.2 Å². The van der Waals surface area contributed by atoms with Crippen LogP contribution in [0.5, 0.6) is 5.75 Å². The molecule has 0 spiro atoms. The normalized spacial score (nSPS) is 10.0. The summed E-state index contributed by atoms with van der Waals surface area (Å²) in [6.45, 7) is 0.635. The summed E-state index contributed by atoms with van der Waals surface area (Å²) in [5.74, 6) is 0.823. The number of nitrogens with two attached hydrogens (primary N) is 1. The molecule has 2 N–H and O–H groups in total. The first-order chi connectivity index (χ1) is 8.75. The summed E-state index contributed by atoms with van der Waals surface area (Å²) in [6, 6.07) is 11.5. The fourth-order valence-corrected chi connectivity index (χ4v) is 1.69. The van der Waals surface area contributed by atoms with Crippen molar-refractivity contribution in [2.45, 2.75) is 6.42 Å². The van der Waals surface area contributed by atoms with Crippen LogP contribution < -0.4 is 10.5 Å². The molecule has 0 amide bonds. The van der Waals surface area contributed by atoms with Gasteiger partial charge in [0, 0.05) is 24.4 Å². The third-order valence-corrected chi connectivity index (χ3v) is 2.78. The zero-order chi connectivity index (χ0) is 12.8. The van der Waals surface area contributed by atoms with E-state index in [9.17, 15) is 0 Å². The predicted molar refractivity (Wildman–Crippen MR) is 75.8 cm³/mol. The Kier molecular flexibility index (Phi) is 4.25. The number of rotatable bonds is 5. The number of nitrogens with zero attached hydrogens (tertiary/aromatic N) is 1. The van der Waals surface area contributed by atoms with Crippen molar-refractivity contribution in [3.05, 3.63) is 59.9 Å². The van der Waals surface area contributed by atoms with Crippen molar-refractivity contribution in [3.63, 3.8) is 0 Å². The molecule has 2 aromatic rings. The van der Waals surface area contributed by atoms with Crippen LogP contribution in [0.3, 0.4) is 0 Å². The van der Waals surface area contributed by atoms with E-state index in [1.54, 1.807) is 12.4 Å². The van der Waals surface area contributed by atoms with E-state index in [0.29, 0.717) is 11.6 Å². The van der Waals surface area contributed by atoms with Crippen LogP contribution in [-0.2, 0) is 6.42 Å². The summed E-state index contributed by atoms with van der Waals surface area (Å²) < 4.78 is 5.64. The van der Waals surface area contributed by atoms with Crippen molar-refractivity contribution in [3.8, 4) is 5.75 Å². The second-order valence-electron chi connectivity index (χ2n) is 3.84. The molecule has 1 heterocycles. The average molecular weight is 258 g/mol. The van der Waals surface area contributed by atoms with Gasteiger partial charge in [0.15, 0.2) is 0 Å². The number of thiocarbonyl (C=S) groups is 1. The van der Waals surface area contributed by atoms with Gasteiger partial charge >= 0.3 is 0 Å². The molecule has 4 heteroatoms. The third-order valence-electron chi connectivity index (χ3n) is 2.55. The largest absolute Gasteiger partial charge is 0.493 e. The van der Waals surface area contributed by atoms with E-state index in [1.807, 2.05) is 36.4 Å². The van der Waals surface area contributed by atoms with E-state index in [4.69, 9.17) is 22.7 Å². The maximum absolute atomic E-state index is 5.64. The van der Waals surface area contributed by atoms with Crippen LogP contribution in [0.25, 0.3) is 0 Å². The molecule has 1 aromatic heterocycles. The molecule has 0 bridgehead atoms. The van der Waals surface area contributed by atoms with Gasteiger partial charge in [0.05, 0.1) is 6.61 Å². The Morgan fingerprint density at radius 3 is 2.39 bits per heavy atom. The molecule has 1 aromatic carbocycles. The van der Waals surface area contributed by atoms with Gasteiger partial charge in [0.2, 0.25) is 0 Å². The van der Waals surface area contributed by atoms with Gasteiger partial charge in [0.25, 0.3) is 0 Å². The number of hydrogen-bond acceptors (Lipinski definition) is 3. The van der Waals surface area contributed by atoms with E-state index < -0.39 is 0 Å². The molecule has 0 saturated carbocycles. The highest BCUT2D eigenvalue weighted by Crippen LogP contribution is 2.12. The first-order valence-corrected chi connectivity index (χ1v) is 6.08. The molecule has 0 radical (unpaired) electrons. The molecule has 0 aliphatic rings. The molecule has 92 valence electrons. The average Bonchev–Trinajstić information content (AvgIpc) is 2.40. The molecule has 0 saturated heterocycles. The Labute approximate surface area is 112 Å². The molecule has 0 atom stereocenters. The number of pyridine rings is 1. The number of hydrogen-bond donors (Lipinski definition) is 1. The third kappa shape index (κ3) is 3.53. The van der Waals surface area contributed by atoms with Gasteiger partial charge in [-0.2, -0.15) is 0 Å². The van der Waals surface area contributed by atoms with Crippen molar-refractivity contribution < 1.29 is 4.74 Å². The quantitative estimate of drug-likeness (QED) is 0.836. The Bertz CT molecular complexity index is 511. The van der Waals surface area contributed by atoms with Crippen molar-refractivity contribution in [1.82, 2.24) is 4.98 Å². The minimum Gasteiger partial charge on any atom is -0.493 e. The molecule has 0 aliphatic heterocycles. The van der Waals surface area contributed by atoms with Gasteiger partial charge in [-0.15, -0.1) is 0 Å². The summed E-state index contributed by atoms with van der Waals surface area (Å²) in [5.41, 5.74) is 7.59. The summed E-state index contributed by atoms with van der Waals surface area (Å²) in [5, 5.41) is 0. The van der Waals surface area contributed by atoms with Crippen LogP contribution in [0.1, 0.15) is 11.1 Å². The molecular formula is C14H14N2OS. The molecule has 0 aliphatic carbocycles. The summed E-state index contributed by atoms with van der Waals surface area (Å²) in [7, 11) is 0. The molecule has 2 rings (SSSR count). The second-order valence-corrected chi connectivity index (χ2v) is 4.28. The van der Waals surface area contributed by atoms with Crippen molar-refractivity contribution in [2.75, 3.05) is 6.61 Å². The SMILES string of the molecule is NC(=S)c1ccc(OCCc2ccncc2)cc1. The Morgan fingerprint density at radius 1 is 1.11 bits per heavy atom. The lowest BCUT2D eigenvalue weighted by Gasteiger charge is -2.06. The molecular weight excluding hydrogens is 244 g/mol. The molecule has 18 heavy (non-hydrogen) atoms. The van der Waals surface area contributed by atoms with E-state index in [2.05, 4.69) is 4.98 Å². The van der Waals surface area contributed by atoms with E-state index in [1.165, 1.54) is 5.56 Å². The van der Waals surface area contributed by atoms with Gasteiger partial charge in [-0.3, -0.25) is 4.98 Å². The van der Waals surface area contributed by atoms with Gasteiger partial charge < -0.3 is 10.5 Å². The van der Waals surface area contributed by atoms with Crippen molar-refractivity contribution in [2.24, 2.45) is 5.73 Å². The van der Waals surface area contributed by atoms with Crippen molar-refractivity contribution >= 4 is 17.2 Å². The van der Waals surface area contributed by atoms with E-state index >= 15 is 0 Å². The van der Waals surface area contributed by atoms with Crippen LogP contribution in [-0.4, -0.2) is 16.6 Å². The van der Waals surface area contributed by atoms with Gasteiger partial charge in [0.1, 0.15) is 10.7 Å².